The lowest BCUT2D eigenvalue weighted by molar-refractivity contribution is 0.0895. The van der Waals surface area contributed by atoms with Crippen LogP contribution in [0.3, 0.4) is 0 Å². The fourth-order valence-electron chi connectivity index (χ4n) is 3.01. The minimum atomic E-state index is -3.31. The number of carbonyl (C=O) groups is 1. The van der Waals surface area contributed by atoms with Gasteiger partial charge >= 0.3 is 0 Å². The van der Waals surface area contributed by atoms with Crippen LogP contribution >= 0.6 is 11.3 Å². The van der Waals surface area contributed by atoms with E-state index in [4.69, 9.17) is 9.15 Å². The molecule has 1 atom stereocenters. The van der Waals surface area contributed by atoms with E-state index in [0.717, 1.165) is 12.8 Å². The number of aromatic nitrogens is 1. The number of rotatable bonds is 5. The summed E-state index contributed by atoms with van der Waals surface area (Å²) in [6, 6.07) is 8.05. The van der Waals surface area contributed by atoms with Crippen LogP contribution in [0.2, 0.25) is 0 Å². The smallest absolute Gasteiger partial charge is 0.295 e. The van der Waals surface area contributed by atoms with Crippen molar-refractivity contribution in [1.82, 2.24) is 4.98 Å². The molecule has 142 valence electrons. The van der Waals surface area contributed by atoms with Crippen LogP contribution in [0.5, 0.6) is 0 Å². The monoisotopic (exact) mass is 406 g/mol. The Hall–Kier alpha value is -2.23. The van der Waals surface area contributed by atoms with Crippen LogP contribution in [-0.2, 0) is 14.6 Å². The highest BCUT2D eigenvalue weighted by Gasteiger charge is 2.28. The quantitative estimate of drug-likeness (QED) is 0.647. The first-order valence-corrected chi connectivity index (χ1v) is 11.2. The number of hydrogen-bond donors (Lipinski definition) is 0. The fourth-order valence-corrected chi connectivity index (χ4v) is 4.75. The molecule has 0 radical (unpaired) electrons. The van der Waals surface area contributed by atoms with Gasteiger partial charge in [-0.2, -0.15) is 0 Å². The van der Waals surface area contributed by atoms with E-state index in [-0.39, 0.29) is 22.7 Å². The number of hydrogen-bond acceptors (Lipinski definition) is 7. The summed E-state index contributed by atoms with van der Waals surface area (Å²) in [7, 11) is -3.31. The number of ether oxygens (including phenoxy) is 1. The van der Waals surface area contributed by atoms with Crippen LogP contribution in [0.4, 0.5) is 5.13 Å². The second kappa shape index (κ2) is 7.06. The molecule has 0 bridgehead atoms. The standard InChI is InChI=1S/C18H18N2O5S2/c1-27(22,23)13-6-7-14-16(10-13)26-18(19-14)20(11-12-4-2-8-24-12)17(21)15-5-3-9-25-15/h3,5-7,9-10,12H,2,4,8,11H2,1H3/t12-/m0/s1. The van der Waals surface area contributed by atoms with Gasteiger partial charge in [0.2, 0.25) is 0 Å². The van der Waals surface area contributed by atoms with Gasteiger partial charge in [0.05, 0.1) is 34.0 Å². The number of amides is 1. The van der Waals surface area contributed by atoms with Crippen molar-refractivity contribution in [1.29, 1.82) is 0 Å². The van der Waals surface area contributed by atoms with Gasteiger partial charge in [0.15, 0.2) is 20.7 Å². The number of anilines is 1. The summed E-state index contributed by atoms with van der Waals surface area (Å²) in [6.45, 7) is 1.06. The van der Waals surface area contributed by atoms with Crippen molar-refractivity contribution in [2.24, 2.45) is 0 Å². The Morgan fingerprint density at radius 3 is 2.89 bits per heavy atom. The number of furan rings is 1. The van der Waals surface area contributed by atoms with Crippen molar-refractivity contribution in [2.75, 3.05) is 24.3 Å². The molecule has 0 N–H and O–H groups in total. The van der Waals surface area contributed by atoms with Gasteiger partial charge in [-0.15, -0.1) is 0 Å². The van der Waals surface area contributed by atoms with Crippen molar-refractivity contribution in [3.63, 3.8) is 0 Å². The molecule has 9 heteroatoms. The maximum Gasteiger partial charge on any atom is 0.295 e. The molecule has 1 saturated heterocycles. The lowest BCUT2D eigenvalue weighted by atomic mass is 10.2. The predicted octanol–water partition coefficient (Wildman–Crippen LogP) is 3.12. The summed E-state index contributed by atoms with van der Waals surface area (Å²) in [6.07, 6.45) is 4.41. The van der Waals surface area contributed by atoms with Crippen LogP contribution in [0.15, 0.2) is 45.9 Å². The van der Waals surface area contributed by atoms with E-state index in [1.54, 1.807) is 29.2 Å². The van der Waals surface area contributed by atoms with Crippen LogP contribution in [-0.4, -0.2) is 44.8 Å². The summed E-state index contributed by atoms with van der Waals surface area (Å²) in [5.74, 6) is -0.0676. The van der Waals surface area contributed by atoms with E-state index in [1.807, 2.05) is 0 Å². The minimum Gasteiger partial charge on any atom is -0.459 e. The third-order valence-corrected chi connectivity index (χ3v) is 6.55. The summed E-state index contributed by atoms with van der Waals surface area (Å²) < 4.78 is 35.3. The molecule has 3 aromatic rings. The second-order valence-electron chi connectivity index (χ2n) is 6.43. The maximum atomic E-state index is 12.9. The molecule has 0 spiro atoms. The zero-order valence-corrected chi connectivity index (χ0v) is 16.3. The highest BCUT2D eigenvalue weighted by molar-refractivity contribution is 7.90. The Balaban J connectivity index is 1.73. The molecule has 4 rings (SSSR count). The van der Waals surface area contributed by atoms with E-state index < -0.39 is 9.84 Å². The van der Waals surface area contributed by atoms with Crippen molar-refractivity contribution in [3.05, 3.63) is 42.4 Å². The molecule has 7 nitrogen and oxygen atoms in total. The van der Waals surface area contributed by atoms with E-state index in [2.05, 4.69) is 4.98 Å². The third kappa shape index (κ3) is 3.76. The highest BCUT2D eigenvalue weighted by Crippen LogP contribution is 2.32. The number of fused-ring (bicyclic) bond motifs is 1. The van der Waals surface area contributed by atoms with Gasteiger partial charge < -0.3 is 9.15 Å². The normalized spacial score (nSPS) is 17.4. The predicted molar refractivity (Wildman–Crippen MR) is 102 cm³/mol. The Morgan fingerprint density at radius 2 is 2.22 bits per heavy atom. The zero-order valence-electron chi connectivity index (χ0n) is 14.6. The molecule has 0 unspecified atom stereocenters. The molecule has 1 fully saturated rings. The summed E-state index contributed by atoms with van der Waals surface area (Å²) in [5, 5.41) is 0.493. The SMILES string of the molecule is CS(=O)(=O)c1ccc2nc(N(C[C@@H]3CCCO3)C(=O)c3ccco3)sc2c1. The number of carbonyl (C=O) groups excluding carboxylic acids is 1. The van der Waals surface area contributed by atoms with Gasteiger partial charge in [-0.3, -0.25) is 9.69 Å². The van der Waals surface area contributed by atoms with Gasteiger partial charge in [-0.05, 0) is 43.2 Å². The molecule has 1 amide bonds. The molecule has 2 aromatic heterocycles. The van der Waals surface area contributed by atoms with Crippen LogP contribution in [0, 0.1) is 0 Å². The molecule has 1 aliphatic heterocycles. The molecule has 3 heterocycles. The van der Waals surface area contributed by atoms with Crippen LogP contribution < -0.4 is 4.90 Å². The Kier molecular flexibility index (Phi) is 4.75. The molecule has 1 aromatic carbocycles. The Morgan fingerprint density at radius 1 is 1.37 bits per heavy atom. The molecular formula is C18H18N2O5S2. The molecule has 0 aliphatic carbocycles. The van der Waals surface area contributed by atoms with Gasteiger partial charge in [-0.1, -0.05) is 11.3 Å². The molecule has 1 aliphatic rings. The molecule has 0 saturated carbocycles. The number of sulfone groups is 1. The first kappa shape index (κ1) is 18.1. The van der Waals surface area contributed by atoms with Gasteiger partial charge in [0, 0.05) is 12.9 Å². The number of thiazole rings is 1. The average Bonchev–Trinajstić information content (AvgIpc) is 3.38. The molecular weight excluding hydrogens is 388 g/mol. The Bertz CT molecular complexity index is 1070. The summed E-state index contributed by atoms with van der Waals surface area (Å²) in [4.78, 5) is 19.3. The topological polar surface area (TPSA) is 89.7 Å². The van der Waals surface area contributed by atoms with Crippen molar-refractivity contribution in [3.8, 4) is 0 Å². The first-order chi connectivity index (χ1) is 12.9. The van der Waals surface area contributed by atoms with Crippen LogP contribution in [0.25, 0.3) is 10.2 Å². The third-order valence-electron chi connectivity index (χ3n) is 4.39. The lowest BCUT2D eigenvalue weighted by Gasteiger charge is -2.22. The molecule has 27 heavy (non-hydrogen) atoms. The van der Waals surface area contributed by atoms with E-state index >= 15 is 0 Å². The van der Waals surface area contributed by atoms with Crippen LogP contribution in [0.1, 0.15) is 23.4 Å². The fraction of sp³-hybridized carbons (Fsp3) is 0.333. The summed E-state index contributed by atoms with van der Waals surface area (Å²) >= 11 is 1.28. The zero-order chi connectivity index (χ0) is 19.0. The Labute approximate surface area is 160 Å². The van der Waals surface area contributed by atoms with Gasteiger partial charge in [0.25, 0.3) is 5.91 Å². The second-order valence-corrected chi connectivity index (χ2v) is 9.45. The lowest BCUT2D eigenvalue weighted by Crippen LogP contribution is -2.37. The van der Waals surface area contributed by atoms with E-state index in [1.165, 1.54) is 29.9 Å². The number of benzene rings is 1. The van der Waals surface area contributed by atoms with E-state index in [0.29, 0.717) is 28.5 Å². The van der Waals surface area contributed by atoms with Crippen molar-refractivity contribution in [2.45, 2.75) is 23.8 Å². The average molecular weight is 406 g/mol. The largest absolute Gasteiger partial charge is 0.459 e. The van der Waals surface area contributed by atoms with Crippen molar-refractivity contribution < 1.29 is 22.4 Å². The van der Waals surface area contributed by atoms with Crippen molar-refractivity contribution >= 4 is 42.4 Å². The van der Waals surface area contributed by atoms with Gasteiger partial charge in [-0.25, -0.2) is 13.4 Å². The van der Waals surface area contributed by atoms with E-state index in [9.17, 15) is 13.2 Å². The maximum absolute atomic E-state index is 12.9. The van der Waals surface area contributed by atoms with Gasteiger partial charge in [0.1, 0.15) is 0 Å². The number of nitrogens with zero attached hydrogens (tertiary/aromatic N) is 2. The summed E-state index contributed by atoms with van der Waals surface area (Å²) in [5.41, 5.74) is 0.645. The minimum absolute atomic E-state index is 0.0532. The first-order valence-electron chi connectivity index (χ1n) is 8.49. The highest BCUT2D eigenvalue weighted by atomic mass is 32.2.